The van der Waals surface area contributed by atoms with E-state index in [0.717, 1.165) is 0 Å². The zero-order valence-electron chi connectivity index (χ0n) is 2.36. The van der Waals surface area contributed by atoms with Crippen LogP contribution < -0.4 is 0 Å². The molecule has 0 aliphatic carbocycles. The molecule has 0 aromatic heterocycles. The molecule has 2 radical (unpaired) electrons. The van der Waals surface area contributed by atoms with Crippen molar-refractivity contribution in [1.29, 1.82) is 0 Å². The smallest absolute Gasteiger partial charge is 0.261 e. The molecule has 1 nitrogen and oxygen atoms in total. The predicted octanol–water partition coefficient (Wildman–Crippen LogP) is 0.359. The van der Waals surface area contributed by atoms with Crippen LogP contribution in [0.15, 0.2) is 0 Å². The molecule has 4 heavy (non-hydrogen) atoms. The number of rotatable bonds is 0. The molecular formula is LiOPTi. The first-order valence-corrected chi connectivity index (χ1v) is 0.548. The molecule has 0 aliphatic heterocycles. The van der Waals surface area contributed by atoms with Gasteiger partial charge in [-0.1, -0.05) is 0 Å². The summed E-state index contributed by atoms with van der Waals surface area (Å²) >= 11 is 0. The van der Waals surface area contributed by atoms with Crippen LogP contribution in [0.5, 0.6) is 0 Å². The molecule has 0 rings (SSSR count). The van der Waals surface area contributed by atoms with Crippen molar-refractivity contribution in [3.8, 4) is 0 Å². The molecule has 0 aliphatic rings. The maximum Gasteiger partial charge on any atom is 0.261 e. The maximum absolute atomic E-state index is 7.94. The molecule has 0 atom stereocenters. The minimum Gasteiger partial charge on any atom is -0.261 e. The third kappa shape index (κ3) is 9.96. The zero-order chi connectivity index (χ0) is 2.00. The van der Waals surface area contributed by atoms with E-state index in [-0.39, 0.29) is 40.6 Å². The summed E-state index contributed by atoms with van der Waals surface area (Å²) in [5, 5.41) is 0. The molecule has 0 saturated carbocycles. The molecule has 0 aromatic rings. The quantitative estimate of drug-likeness (QED) is 0.318. The second kappa shape index (κ2) is 25.8. The monoisotopic (exact) mass is 102 g/mol. The van der Waals surface area contributed by atoms with E-state index in [4.69, 9.17) is 4.57 Å². The Bertz CT molecular complexity index is 8.00. The van der Waals surface area contributed by atoms with Crippen molar-refractivity contribution < 1.29 is 26.3 Å². The molecule has 0 saturated heterocycles. The van der Waals surface area contributed by atoms with E-state index < -0.39 is 0 Å². The van der Waals surface area contributed by atoms with Gasteiger partial charge in [0.2, 0.25) is 0 Å². The minimum atomic E-state index is 0. The fraction of sp³-hybridized carbons (Fsp3) is 0. The van der Waals surface area contributed by atoms with Gasteiger partial charge in [0, 0.05) is 40.6 Å². The van der Waals surface area contributed by atoms with E-state index in [1.165, 1.54) is 0 Å². The largest absolute Gasteiger partial charge is 0.261 e. The Morgan fingerprint density at radius 1 is 1.25 bits per heavy atom. The SMILES string of the molecule is O=[P].[Li].[Ti]. The van der Waals surface area contributed by atoms with Gasteiger partial charge in [-0.2, -0.15) is 0 Å². The average molecular weight is 102 g/mol. The fourth-order valence-electron chi connectivity index (χ4n) is 0. The van der Waals surface area contributed by atoms with Crippen LogP contribution in [-0.4, -0.2) is 18.9 Å². The van der Waals surface area contributed by atoms with Crippen molar-refractivity contribution in [1.82, 2.24) is 0 Å². The third-order valence-corrected chi connectivity index (χ3v) is 0. The van der Waals surface area contributed by atoms with Gasteiger partial charge in [-0.3, -0.25) is 4.57 Å². The van der Waals surface area contributed by atoms with Crippen LogP contribution in [0.1, 0.15) is 0 Å². The van der Waals surface area contributed by atoms with Crippen molar-refractivity contribution in [2.24, 2.45) is 0 Å². The molecule has 0 aromatic carbocycles. The second-order valence-corrected chi connectivity index (χ2v) is 0. The molecule has 0 amide bonds. The van der Waals surface area contributed by atoms with Crippen LogP contribution in [0.4, 0.5) is 0 Å². The van der Waals surface area contributed by atoms with E-state index >= 15 is 0 Å². The summed E-state index contributed by atoms with van der Waals surface area (Å²) in [6.45, 7) is 0. The van der Waals surface area contributed by atoms with Crippen LogP contribution in [0.2, 0.25) is 0 Å². The van der Waals surface area contributed by atoms with Crippen molar-refractivity contribution in [3.05, 3.63) is 0 Å². The maximum atomic E-state index is 7.94. The van der Waals surface area contributed by atoms with Gasteiger partial charge in [0.15, 0.2) is 0 Å². The van der Waals surface area contributed by atoms with Gasteiger partial charge in [-0.25, -0.2) is 0 Å². The van der Waals surface area contributed by atoms with Gasteiger partial charge >= 0.3 is 0 Å². The zero-order valence-corrected chi connectivity index (χ0v) is 4.81. The summed E-state index contributed by atoms with van der Waals surface area (Å²) in [6, 6.07) is 0. The third-order valence-electron chi connectivity index (χ3n) is 0. The van der Waals surface area contributed by atoms with E-state index in [2.05, 4.69) is 9.12 Å². The first kappa shape index (κ1) is 18.1. The number of hydrogen-bond acceptors (Lipinski definition) is 1. The van der Waals surface area contributed by atoms with Gasteiger partial charge in [0.25, 0.3) is 9.12 Å². The first-order valence-electron chi connectivity index (χ1n) is 0.183. The molecule has 16 valence electrons. The van der Waals surface area contributed by atoms with Crippen molar-refractivity contribution >= 4 is 28.0 Å². The predicted molar refractivity (Wildman–Crippen MR) is 13.4 cm³/mol. The molecular weight excluding hydrogens is 102 g/mol. The van der Waals surface area contributed by atoms with Crippen LogP contribution in [-0.2, 0) is 26.3 Å². The summed E-state index contributed by atoms with van der Waals surface area (Å²) in [7, 11) is 2.28. The Balaban J connectivity index is -0.00000000500. The summed E-state index contributed by atoms with van der Waals surface area (Å²) < 4.78 is 7.94. The van der Waals surface area contributed by atoms with E-state index in [0.29, 0.717) is 0 Å². The molecule has 0 spiro atoms. The number of hydrogen-bond donors (Lipinski definition) is 0. The van der Waals surface area contributed by atoms with E-state index in [1.807, 2.05) is 0 Å². The van der Waals surface area contributed by atoms with Crippen LogP contribution in [0, 0.1) is 0 Å². The average Bonchev–Trinajstić information content (AvgIpc) is 1.00. The van der Waals surface area contributed by atoms with Crippen molar-refractivity contribution in [2.75, 3.05) is 0 Å². The molecule has 0 fully saturated rings. The Labute approximate surface area is 54.2 Å². The van der Waals surface area contributed by atoms with Gasteiger partial charge in [-0.15, -0.1) is 0 Å². The Morgan fingerprint density at radius 3 is 1.25 bits per heavy atom. The van der Waals surface area contributed by atoms with E-state index in [9.17, 15) is 0 Å². The normalized spacial score (nSPS) is 1.00. The second-order valence-electron chi connectivity index (χ2n) is 0. The van der Waals surface area contributed by atoms with Crippen LogP contribution in [0.25, 0.3) is 0 Å². The Hall–Kier alpha value is 1.41. The van der Waals surface area contributed by atoms with Gasteiger partial charge in [-0.05, 0) is 0 Å². The van der Waals surface area contributed by atoms with E-state index in [1.54, 1.807) is 0 Å². The molecule has 4 heteroatoms. The molecule has 0 unspecified atom stereocenters. The van der Waals surface area contributed by atoms with Crippen LogP contribution >= 0.6 is 9.12 Å². The first-order chi connectivity index (χ1) is 1.00. The summed E-state index contributed by atoms with van der Waals surface area (Å²) in [4.78, 5) is 0. The molecule has 0 N–H and O–H groups in total. The topological polar surface area (TPSA) is 17.1 Å². The van der Waals surface area contributed by atoms with Gasteiger partial charge in [0.1, 0.15) is 0 Å². The van der Waals surface area contributed by atoms with Crippen molar-refractivity contribution in [3.63, 3.8) is 0 Å². The summed E-state index contributed by atoms with van der Waals surface area (Å²) in [5.41, 5.74) is 0. The Kier molecular flexibility index (Phi) is 117. The molecule has 0 bridgehead atoms. The summed E-state index contributed by atoms with van der Waals surface area (Å²) in [5.74, 6) is 0. The summed E-state index contributed by atoms with van der Waals surface area (Å²) in [6.07, 6.45) is 0. The fourth-order valence-corrected chi connectivity index (χ4v) is 0. The minimum absolute atomic E-state index is 0. The van der Waals surface area contributed by atoms with Gasteiger partial charge < -0.3 is 0 Å². The Morgan fingerprint density at radius 2 is 1.25 bits per heavy atom. The molecule has 0 heterocycles. The van der Waals surface area contributed by atoms with Gasteiger partial charge in [0.05, 0.1) is 0 Å². The standard InChI is InChI=1S/Li.OP.Ti/c;1-2;. The van der Waals surface area contributed by atoms with Crippen LogP contribution in [0.3, 0.4) is 0 Å². The van der Waals surface area contributed by atoms with Crippen molar-refractivity contribution in [2.45, 2.75) is 0 Å².